The maximum absolute atomic E-state index is 9.93. The Morgan fingerprint density at radius 1 is 0.909 bits per heavy atom. The number of hydrogen-bond donors (Lipinski definition) is 6. The summed E-state index contributed by atoms with van der Waals surface area (Å²) in [6.07, 6.45) is -12.1. The molecule has 0 aromatic rings. The van der Waals surface area contributed by atoms with Gasteiger partial charge in [0.05, 0.1) is 13.2 Å². The van der Waals surface area contributed by atoms with Crippen LogP contribution in [0.1, 0.15) is 0 Å². The molecule has 3 aliphatic heterocycles. The van der Waals surface area contributed by atoms with Gasteiger partial charge in [0, 0.05) is 0 Å². The van der Waals surface area contributed by atoms with Gasteiger partial charge in [0.25, 0.3) is 0 Å². The van der Waals surface area contributed by atoms with Gasteiger partial charge in [-0.3, -0.25) is 0 Å². The average molecular weight is 324 g/mol. The normalized spacial score (nSPS) is 55.4. The molecule has 22 heavy (non-hydrogen) atoms. The van der Waals surface area contributed by atoms with Gasteiger partial charge in [-0.15, -0.1) is 0 Å². The quantitative estimate of drug-likeness (QED) is 0.299. The van der Waals surface area contributed by atoms with E-state index in [4.69, 9.17) is 24.1 Å². The lowest BCUT2D eigenvalue weighted by Gasteiger charge is -2.43. The van der Waals surface area contributed by atoms with E-state index in [2.05, 4.69) is 0 Å². The fraction of sp³-hybridized carbons (Fsp3) is 1.00. The highest BCUT2D eigenvalue weighted by Crippen LogP contribution is 2.33. The molecule has 10 nitrogen and oxygen atoms in total. The van der Waals surface area contributed by atoms with Gasteiger partial charge in [-0.2, -0.15) is 0 Å². The molecule has 0 amide bonds. The lowest BCUT2D eigenvalue weighted by atomic mass is 9.98. The Morgan fingerprint density at radius 3 is 2.32 bits per heavy atom. The summed E-state index contributed by atoms with van der Waals surface area (Å²) in [7, 11) is 0. The maximum Gasteiger partial charge on any atom is 0.187 e. The third-order valence-electron chi connectivity index (χ3n) is 4.23. The number of rotatable bonds is 3. The summed E-state index contributed by atoms with van der Waals surface area (Å²) in [5, 5.41) is 57.8. The molecule has 10 atom stereocenters. The summed E-state index contributed by atoms with van der Waals surface area (Å²) in [6.45, 7) is -0.489. The molecule has 3 aliphatic rings. The first kappa shape index (κ1) is 16.5. The van der Waals surface area contributed by atoms with E-state index in [0.29, 0.717) is 0 Å². The molecule has 128 valence electrons. The van der Waals surface area contributed by atoms with E-state index in [1.165, 1.54) is 0 Å². The number of fused-ring (bicyclic) bond motifs is 2. The second-order valence-electron chi connectivity index (χ2n) is 5.65. The summed E-state index contributed by atoms with van der Waals surface area (Å²) < 4.78 is 21.2. The predicted molar refractivity (Wildman–Crippen MR) is 65.3 cm³/mol. The summed E-state index contributed by atoms with van der Waals surface area (Å²) in [5.74, 6) is 0. The van der Waals surface area contributed by atoms with Crippen molar-refractivity contribution in [3.8, 4) is 0 Å². The molecule has 0 aromatic heterocycles. The van der Waals surface area contributed by atoms with Gasteiger partial charge in [-0.05, 0) is 0 Å². The van der Waals surface area contributed by atoms with E-state index in [1.807, 2.05) is 0 Å². The lowest BCUT2D eigenvalue weighted by Crippen LogP contribution is -2.62. The zero-order valence-electron chi connectivity index (χ0n) is 11.5. The Hall–Kier alpha value is -0.400. The molecule has 3 rings (SSSR count). The van der Waals surface area contributed by atoms with E-state index >= 15 is 0 Å². The van der Waals surface area contributed by atoms with Gasteiger partial charge in [0.2, 0.25) is 0 Å². The van der Waals surface area contributed by atoms with Crippen molar-refractivity contribution in [2.75, 3.05) is 13.2 Å². The second kappa shape index (κ2) is 6.24. The van der Waals surface area contributed by atoms with Crippen LogP contribution >= 0.6 is 0 Å². The zero-order chi connectivity index (χ0) is 16.0. The predicted octanol–water partition coefficient (Wildman–Crippen LogP) is -4.35. The standard InChI is InChI=1S/C12H20O10/c13-1-3-5(14)6(15)7(16)12(21-3)22-9-4-2-19-10(9)8(17)11(18)20-4/h3-18H,1-2H2/t3?,4-,5+,6?,7+,8?,9-,10?,11-,12+/m1/s1. The molecule has 3 fully saturated rings. The molecule has 10 heteroatoms. The van der Waals surface area contributed by atoms with Crippen molar-refractivity contribution in [2.24, 2.45) is 0 Å². The molecule has 0 aliphatic carbocycles. The number of hydrogen-bond acceptors (Lipinski definition) is 10. The molecule has 6 N–H and O–H groups in total. The smallest absolute Gasteiger partial charge is 0.187 e. The van der Waals surface area contributed by atoms with Gasteiger partial charge in [-0.25, -0.2) is 0 Å². The minimum atomic E-state index is -1.56. The molecule has 4 unspecified atom stereocenters. The Kier molecular flexibility index (Phi) is 4.67. The Labute approximate surface area is 125 Å². The van der Waals surface area contributed by atoms with Crippen molar-refractivity contribution in [2.45, 2.75) is 61.4 Å². The van der Waals surface area contributed by atoms with Crippen molar-refractivity contribution in [3.05, 3.63) is 0 Å². The molecule has 2 bridgehead atoms. The molecular weight excluding hydrogens is 304 g/mol. The van der Waals surface area contributed by atoms with Gasteiger partial charge < -0.3 is 49.6 Å². The largest absolute Gasteiger partial charge is 0.394 e. The van der Waals surface area contributed by atoms with E-state index in [0.717, 1.165) is 0 Å². The van der Waals surface area contributed by atoms with Crippen LogP contribution in [0.25, 0.3) is 0 Å². The first-order valence-electron chi connectivity index (χ1n) is 7.03. The van der Waals surface area contributed by atoms with Crippen LogP contribution in [0.2, 0.25) is 0 Å². The minimum Gasteiger partial charge on any atom is -0.394 e. The van der Waals surface area contributed by atoms with Crippen molar-refractivity contribution in [1.29, 1.82) is 0 Å². The Bertz CT molecular complexity index is 392. The third-order valence-corrected chi connectivity index (χ3v) is 4.23. The number of aliphatic hydroxyl groups excluding tert-OH is 6. The van der Waals surface area contributed by atoms with E-state index < -0.39 is 68.0 Å². The molecule has 0 radical (unpaired) electrons. The average Bonchev–Trinajstić information content (AvgIpc) is 2.82. The van der Waals surface area contributed by atoms with E-state index in [-0.39, 0.29) is 6.61 Å². The molecule has 3 saturated heterocycles. The summed E-state index contributed by atoms with van der Waals surface area (Å²) in [4.78, 5) is 0. The number of aliphatic hydroxyl groups is 6. The van der Waals surface area contributed by atoms with Crippen LogP contribution in [0.5, 0.6) is 0 Å². The second-order valence-corrected chi connectivity index (χ2v) is 5.65. The van der Waals surface area contributed by atoms with Crippen LogP contribution in [-0.4, -0.2) is 105 Å². The van der Waals surface area contributed by atoms with Crippen molar-refractivity contribution >= 4 is 0 Å². The highest BCUT2D eigenvalue weighted by molar-refractivity contribution is 4.97. The number of ether oxygens (including phenoxy) is 4. The molecular formula is C12H20O10. The van der Waals surface area contributed by atoms with Crippen LogP contribution in [0.3, 0.4) is 0 Å². The van der Waals surface area contributed by atoms with Gasteiger partial charge in [0.15, 0.2) is 12.6 Å². The topological polar surface area (TPSA) is 158 Å². The van der Waals surface area contributed by atoms with Crippen molar-refractivity contribution in [1.82, 2.24) is 0 Å². The monoisotopic (exact) mass is 324 g/mol. The van der Waals surface area contributed by atoms with Crippen molar-refractivity contribution < 1.29 is 49.6 Å². The highest BCUT2D eigenvalue weighted by Gasteiger charge is 2.54. The fourth-order valence-electron chi connectivity index (χ4n) is 2.94. The minimum absolute atomic E-state index is 0.0842. The maximum atomic E-state index is 9.93. The molecule has 0 saturated carbocycles. The summed E-state index contributed by atoms with van der Waals surface area (Å²) in [5.41, 5.74) is 0. The van der Waals surface area contributed by atoms with Gasteiger partial charge in [0.1, 0.15) is 48.8 Å². The van der Waals surface area contributed by atoms with E-state index in [1.54, 1.807) is 0 Å². The summed E-state index contributed by atoms with van der Waals surface area (Å²) >= 11 is 0. The van der Waals surface area contributed by atoms with E-state index in [9.17, 15) is 25.5 Å². The Balaban J connectivity index is 1.70. The van der Waals surface area contributed by atoms with Crippen LogP contribution in [0.15, 0.2) is 0 Å². The SMILES string of the molecule is OCC1O[C@@H](O[C@H]2C3OC[C@H]2O[C@@H](O)C3O)[C@@H](O)C(O)[C@H]1O. The van der Waals surface area contributed by atoms with Crippen LogP contribution in [0.4, 0.5) is 0 Å². The first-order chi connectivity index (χ1) is 10.4. The molecule has 0 aromatic carbocycles. The van der Waals surface area contributed by atoms with Crippen LogP contribution in [0, 0.1) is 0 Å². The Morgan fingerprint density at radius 2 is 1.64 bits per heavy atom. The summed E-state index contributed by atoms with van der Waals surface area (Å²) in [6, 6.07) is 0. The molecule has 0 spiro atoms. The zero-order valence-corrected chi connectivity index (χ0v) is 11.5. The lowest BCUT2D eigenvalue weighted by molar-refractivity contribution is -0.336. The van der Waals surface area contributed by atoms with Crippen LogP contribution < -0.4 is 0 Å². The molecule has 3 heterocycles. The van der Waals surface area contributed by atoms with Gasteiger partial charge in [-0.1, -0.05) is 0 Å². The first-order valence-corrected chi connectivity index (χ1v) is 7.03. The van der Waals surface area contributed by atoms with Crippen LogP contribution in [-0.2, 0) is 18.9 Å². The third kappa shape index (κ3) is 2.65. The highest BCUT2D eigenvalue weighted by atomic mass is 16.7. The fourth-order valence-corrected chi connectivity index (χ4v) is 2.94. The van der Waals surface area contributed by atoms with Crippen molar-refractivity contribution in [3.63, 3.8) is 0 Å². The van der Waals surface area contributed by atoms with Gasteiger partial charge >= 0.3 is 0 Å².